The number of hydrogen-bond acceptors (Lipinski definition) is 10. The van der Waals surface area contributed by atoms with Crippen LogP contribution in [0.1, 0.15) is 11.1 Å². The summed E-state index contributed by atoms with van der Waals surface area (Å²) in [5.41, 5.74) is 0.908. The summed E-state index contributed by atoms with van der Waals surface area (Å²) < 4.78 is 47.0. The van der Waals surface area contributed by atoms with Gasteiger partial charge in [-0.2, -0.15) is 0 Å². The van der Waals surface area contributed by atoms with Gasteiger partial charge in [0, 0.05) is 5.56 Å². The molecule has 0 radical (unpaired) electrons. The zero-order valence-electron chi connectivity index (χ0n) is 20.3. The Hall–Kier alpha value is -1.58. The van der Waals surface area contributed by atoms with Crippen LogP contribution in [0.15, 0.2) is 76.2 Å². The predicted octanol–water partition coefficient (Wildman–Crippen LogP) is -1.51. The van der Waals surface area contributed by atoms with Gasteiger partial charge in [0.15, 0.2) is 5.78 Å². The van der Waals surface area contributed by atoms with Gasteiger partial charge in [-0.3, -0.25) is 4.79 Å². The van der Waals surface area contributed by atoms with Crippen LogP contribution in [0, 0.1) is 0 Å². The number of allylic oxidation sites excluding steroid dienone is 5. The topological polar surface area (TPSA) is 174 Å². The number of carbonyl (C=O) groups is 1. The van der Waals surface area contributed by atoms with E-state index in [1.165, 1.54) is 54.6 Å². The van der Waals surface area contributed by atoms with Gasteiger partial charge in [-0.15, -0.1) is 0 Å². The molecule has 39 heavy (non-hydrogen) atoms. The van der Waals surface area contributed by atoms with Gasteiger partial charge in [0.25, 0.3) is 0 Å². The quantitative estimate of drug-likeness (QED) is 0.223. The summed E-state index contributed by atoms with van der Waals surface area (Å²) in [5.74, 6) is -0.474. The van der Waals surface area contributed by atoms with E-state index in [0.29, 0.717) is 11.1 Å². The Morgan fingerprint density at radius 3 is 2.33 bits per heavy atom. The Kier molecular flexibility index (Phi) is 10.6. The molecule has 5 atom stereocenters. The monoisotopic (exact) mass is 606 g/mol. The average molecular weight is 607 g/mol. The molecule has 0 amide bonds. The van der Waals surface area contributed by atoms with E-state index in [9.17, 15) is 38.2 Å². The van der Waals surface area contributed by atoms with Crippen LogP contribution >= 0.6 is 23.2 Å². The Morgan fingerprint density at radius 2 is 1.72 bits per heavy atom. The molecule has 0 aromatic heterocycles. The number of rotatable bonds is 6. The van der Waals surface area contributed by atoms with Gasteiger partial charge in [-0.05, 0) is 47.1 Å². The van der Waals surface area contributed by atoms with Gasteiger partial charge in [-0.25, -0.2) is 8.42 Å². The summed E-state index contributed by atoms with van der Waals surface area (Å²) in [6, 6.07) is 9.74. The van der Waals surface area contributed by atoms with Crippen LogP contribution in [0.25, 0.3) is 5.57 Å². The second-order valence-electron chi connectivity index (χ2n) is 8.43. The van der Waals surface area contributed by atoms with Crippen molar-refractivity contribution >= 4 is 44.7 Å². The maximum atomic E-state index is 12.0. The molecule has 2 aromatic carbocycles. The summed E-state index contributed by atoms with van der Waals surface area (Å²) in [6.07, 6.45) is -3.65. The molecule has 10 nitrogen and oxygen atoms in total. The number of aliphatic hydroxyl groups is 4. The first-order valence-corrected chi connectivity index (χ1v) is 13.2. The molecule has 1 heterocycles. The van der Waals surface area contributed by atoms with Gasteiger partial charge in [0.2, 0.25) is 6.29 Å². The van der Waals surface area contributed by atoms with Gasteiger partial charge in [-0.1, -0.05) is 53.5 Å². The minimum absolute atomic E-state index is 0. The van der Waals surface area contributed by atoms with Crippen molar-refractivity contribution in [3.05, 3.63) is 87.4 Å². The van der Waals surface area contributed by atoms with Gasteiger partial charge >= 0.3 is 29.6 Å². The fourth-order valence-corrected chi connectivity index (χ4v) is 5.16. The number of hydrogen-bond donors (Lipinski definition) is 4. The van der Waals surface area contributed by atoms with Crippen molar-refractivity contribution in [2.24, 2.45) is 0 Å². The van der Waals surface area contributed by atoms with Crippen LogP contribution in [-0.2, 0) is 19.6 Å². The van der Waals surface area contributed by atoms with Crippen LogP contribution in [0.5, 0.6) is 5.75 Å². The average Bonchev–Trinajstić information content (AvgIpc) is 2.87. The van der Waals surface area contributed by atoms with Crippen molar-refractivity contribution in [3.8, 4) is 5.75 Å². The minimum atomic E-state index is -4.91. The first-order chi connectivity index (χ1) is 17.9. The zero-order valence-corrected chi connectivity index (χ0v) is 24.6. The van der Waals surface area contributed by atoms with Gasteiger partial charge in [0.1, 0.15) is 40.3 Å². The number of benzene rings is 2. The third kappa shape index (κ3) is 6.84. The van der Waals surface area contributed by atoms with Crippen molar-refractivity contribution in [3.63, 3.8) is 0 Å². The van der Waals surface area contributed by atoms with Crippen molar-refractivity contribution in [2.75, 3.05) is 6.61 Å². The Labute approximate surface area is 255 Å². The molecule has 2 aliphatic rings. The molecule has 2 aromatic rings. The zero-order chi connectivity index (χ0) is 27.8. The van der Waals surface area contributed by atoms with Crippen LogP contribution in [-0.4, -0.2) is 76.5 Å². The molecule has 0 saturated carbocycles. The number of ether oxygens (including phenoxy) is 2. The number of carbonyl (C=O) groups excluding carboxylic acids is 1. The molecule has 4 N–H and O–H groups in total. The van der Waals surface area contributed by atoms with Crippen molar-refractivity contribution in [2.45, 2.75) is 35.6 Å². The number of halogens is 2. The Bertz CT molecular complexity index is 1450. The van der Waals surface area contributed by atoms with E-state index >= 15 is 0 Å². The van der Waals surface area contributed by atoms with Crippen molar-refractivity contribution in [1.82, 2.24) is 0 Å². The molecular weight excluding hydrogens is 586 g/mol. The van der Waals surface area contributed by atoms with Crippen molar-refractivity contribution < 1.29 is 77.2 Å². The molecule has 0 bridgehead atoms. The van der Waals surface area contributed by atoms with E-state index in [1.807, 2.05) is 0 Å². The summed E-state index contributed by atoms with van der Waals surface area (Å²) in [5, 5.41) is 39.4. The Morgan fingerprint density at radius 1 is 1.03 bits per heavy atom. The van der Waals surface area contributed by atoms with Crippen molar-refractivity contribution in [1.29, 1.82) is 0 Å². The summed E-state index contributed by atoms with van der Waals surface area (Å²) >= 11 is 12.5. The predicted molar refractivity (Wildman–Crippen MR) is 134 cm³/mol. The molecule has 202 valence electrons. The molecule has 1 aliphatic heterocycles. The molecule has 5 unspecified atom stereocenters. The third-order valence-electron chi connectivity index (χ3n) is 5.96. The number of aliphatic hydroxyl groups excluding tert-OH is 4. The molecule has 1 fully saturated rings. The molecule has 1 saturated heterocycles. The van der Waals surface area contributed by atoms with Gasteiger partial charge < -0.3 is 34.5 Å². The Balaban J connectivity index is 0.00000420. The summed E-state index contributed by atoms with van der Waals surface area (Å²) in [7, 11) is -4.91. The van der Waals surface area contributed by atoms with Crippen LogP contribution in [0.3, 0.4) is 0 Å². The molecule has 0 spiro atoms. The normalized spacial score (nSPS) is 26.5. The maximum absolute atomic E-state index is 12.0. The molecule has 14 heteroatoms. The van der Waals surface area contributed by atoms with E-state index in [4.69, 9.17) is 32.7 Å². The minimum Gasteiger partial charge on any atom is -0.744 e. The van der Waals surface area contributed by atoms with Crippen LogP contribution < -0.4 is 34.3 Å². The summed E-state index contributed by atoms with van der Waals surface area (Å²) in [6.45, 7) is -0.650. The van der Waals surface area contributed by atoms with Crippen LogP contribution in [0.4, 0.5) is 0 Å². The molecule has 1 aliphatic carbocycles. The third-order valence-corrected chi connectivity index (χ3v) is 7.44. The van der Waals surface area contributed by atoms with Gasteiger partial charge in [0.05, 0.1) is 21.6 Å². The number of ketones is 1. The second-order valence-corrected chi connectivity index (χ2v) is 10.6. The maximum Gasteiger partial charge on any atom is 1.00 e. The van der Waals surface area contributed by atoms with E-state index in [1.54, 1.807) is 0 Å². The molecular formula is C25H21Cl2NaO10S. The van der Waals surface area contributed by atoms with E-state index in [-0.39, 0.29) is 56.5 Å². The fraction of sp³-hybridized carbons (Fsp3) is 0.240. The first kappa shape index (κ1) is 31.9. The largest absolute Gasteiger partial charge is 1.00 e. The SMILES string of the molecule is O=C1C=CC(=C(c2ccc(OC3OC(CO)C(O)C(O)C3O)c(Cl)c2)c2ccccc2S(=O)(=O)[O-])C=C1Cl.[Na+]. The summed E-state index contributed by atoms with van der Waals surface area (Å²) in [4.78, 5) is 11.4. The fourth-order valence-electron chi connectivity index (χ4n) is 4.07. The standard InChI is InChI=1S/C25H22Cl2O10S.Na/c26-15-9-12(5-7-17(15)29)21(14-3-1-2-4-20(14)38(33,34)35)13-6-8-18(16(27)10-13)36-25-24(32)23(31)22(30)19(11-28)37-25;/h1-10,19,22-25,28,30-32H,11H2,(H,33,34,35);/q;+1/p-1. The first-order valence-electron chi connectivity index (χ1n) is 11.1. The smallest absolute Gasteiger partial charge is 0.744 e. The van der Waals surface area contributed by atoms with Crippen LogP contribution in [0.2, 0.25) is 5.02 Å². The van der Waals surface area contributed by atoms with E-state index < -0.39 is 58.1 Å². The van der Waals surface area contributed by atoms with E-state index in [0.717, 1.165) is 6.07 Å². The molecule has 4 rings (SSSR count). The van der Waals surface area contributed by atoms with E-state index in [2.05, 4.69) is 0 Å². The second kappa shape index (κ2) is 12.9.